The predicted octanol–water partition coefficient (Wildman–Crippen LogP) is 2.92. The largest absolute Gasteiger partial charge is 0.469 e. The van der Waals surface area contributed by atoms with Crippen molar-refractivity contribution in [1.29, 1.82) is 0 Å². The summed E-state index contributed by atoms with van der Waals surface area (Å²) in [4.78, 5) is 14.0. The third kappa shape index (κ3) is 3.60. The second kappa shape index (κ2) is 6.89. The summed E-state index contributed by atoms with van der Waals surface area (Å²) in [5.41, 5.74) is 1.39. The van der Waals surface area contributed by atoms with Crippen molar-refractivity contribution in [3.63, 3.8) is 0 Å². The molecule has 0 aromatic heterocycles. The first-order chi connectivity index (χ1) is 9.61. The van der Waals surface area contributed by atoms with Crippen molar-refractivity contribution in [3.8, 4) is 0 Å². The first-order valence-corrected chi connectivity index (χ1v) is 7.47. The van der Waals surface area contributed by atoms with Gasteiger partial charge < -0.3 is 9.64 Å². The minimum Gasteiger partial charge on any atom is -0.469 e. The number of ether oxygens (including phenoxy) is 1. The third-order valence-electron chi connectivity index (χ3n) is 4.29. The van der Waals surface area contributed by atoms with Crippen LogP contribution in [0.5, 0.6) is 0 Å². The van der Waals surface area contributed by atoms with E-state index in [-0.39, 0.29) is 11.9 Å². The quantitative estimate of drug-likeness (QED) is 0.774. The highest BCUT2D eigenvalue weighted by atomic mass is 16.5. The molecule has 110 valence electrons. The highest BCUT2D eigenvalue weighted by Gasteiger charge is 2.31. The SMILES string of the molecule is COC(=O)C1CCN(CC(c2ccccc2)C(C)C)C1. The molecule has 0 radical (unpaired) electrons. The molecule has 3 nitrogen and oxygen atoms in total. The summed E-state index contributed by atoms with van der Waals surface area (Å²) in [7, 11) is 1.48. The summed E-state index contributed by atoms with van der Waals surface area (Å²) in [6, 6.07) is 10.7. The van der Waals surface area contributed by atoms with Crippen LogP contribution >= 0.6 is 0 Å². The van der Waals surface area contributed by atoms with E-state index in [1.54, 1.807) is 0 Å². The Balaban J connectivity index is 1.99. The lowest BCUT2D eigenvalue weighted by molar-refractivity contribution is -0.144. The standard InChI is InChI=1S/C17H25NO2/c1-13(2)16(14-7-5-4-6-8-14)12-18-10-9-15(11-18)17(19)20-3/h4-8,13,15-16H,9-12H2,1-3H3. The monoisotopic (exact) mass is 275 g/mol. The minimum absolute atomic E-state index is 0.0589. The zero-order valence-corrected chi connectivity index (χ0v) is 12.7. The summed E-state index contributed by atoms with van der Waals surface area (Å²) in [5, 5.41) is 0. The van der Waals surface area contributed by atoms with E-state index in [1.165, 1.54) is 12.7 Å². The molecule has 0 spiro atoms. The number of likely N-dealkylation sites (tertiary alicyclic amines) is 1. The molecule has 0 amide bonds. The van der Waals surface area contributed by atoms with Crippen molar-refractivity contribution in [2.45, 2.75) is 26.2 Å². The Morgan fingerprint density at radius 1 is 1.35 bits per heavy atom. The maximum Gasteiger partial charge on any atom is 0.310 e. The van der Waals surface area contributed by atoms with E-state index in [0.29, 0.717) is 11.8 Å². The van der Waals surface area contributed by atoms with Crippen LogP contribution in [-0.2, 0) is 9.53 Å². The minimum atomic E-state index is -0.0618. The van der Waals surface area contributed by atoms with Crippen molar-refractivity contribution >= 4 is 5.97 Å². The summed E-state index contributed by atoms with van der Waals surface area (Å²) >= 11 is 0. The topological polar surface area (TPSA) is 29.5 Å². The van der Waals surface area contributed by atoms with Gasteiger partial charge in [-0.25, -0.2) is 0 Å². The number of benzene rings is 1. The molecule has 1 aromatic rings. The van der Waals surface area contributed by atoms with Gasteiger partial charge in [0.05, 0.1) is 13.0 Å². The molecular weight excluding hydrogens is 250 g/mol. The second-order valence-corrected chi connectivity index (χ2v) is 6.03. The molecule has 0 saturated carbocycles. The van der Waals surface area contributed by atoms with Gasteiger partial charge in [-0.2, -0.15) is 0 Å². The Morgan fingerprint density at radius 3 is 2.65 bits per heavy atom. The van der Waals surface area contributed by atoms with Crippen molar-refractivity contribution in [2.75, 3.05) is 26.7 Å². The lowest BCUT2D eigenvalue weighted by Gasteiger charge is -2.27. The molecule has 20 heavy (non-hydrogen) atoms. The van der Waals surface area contributed by atoms with Gasteiger partial charge in [-0.1, -0.05) is 44.2 Å². The number of carbonyl (C=O) groups is 1. The fourth-order valence-electron chi connectivity index (χ4n) is 3.04. The first kappa shape index (κ1) is 15.0. The molecule has 2 rings (SSSR count). The number of methoxy groups -OCH3 is 1. The summed E-state index contributed by atoms with van der Waals surface area (Å²) in [5.74, 6) is 1.11. The molecule has 0 aliphatic carbocycles. The molecule has 0 bridgehead atoms. The van der Waals surface area contributed by atoms with Crippen molar-refractivity contribution in [3.05, 3.63) is 35.9 Å². The number of nitrogens with zero attached hydrogens (tertiary/aromatic N) is 1. The normalized spacial score (nSPS) is 21.1. The van der Waals surface area contributed by atoms with E-state index in [0.717, 1.165) is 26.1 Å². The lowest BCUT2D eigenvalue weighted by atomic mass is 9.88. The van der Waals surface area contributed by atoms with Crippen LogP contribution < -0.4 is 0 Å². The maximum atomic E-state index is 11.6. The molecule has 0 N–H and O–H groups in total. The molecule has 1 heterocycles. The van der Waals surface area contributed by atoms with Crippen LogP contribution in [0.2, 0.25) is 0 Å². The van der Waals surface area contributed by atoms with Crippen molar-refractivity contribution in [2.24, 2.45) is 11.8 Å². The highest BCUT2D eigenvalue weighted by molar-refractivity contribution is 5.72. The van der Waals surface area contributed by atoms with Gasteiger partial charge in [0.1, 0.15) is 0 Å². The van der Waals surface area contributed by atoms with Gasteiger partial charge in [-0.15, -0.1) is 0 Å². The number of hydrogen-bond donors (Lipinski definition) is 0. The number of rotatable bonds is 5. The number of esters is 1. The van der Waals surface area contributed by atoms with E-state index in [1.807, 2.05) is 0 Å². The Labute approximate surface area is 121 Å². The summed E-state index contributed by atoms with van der Waals surface area (Å²) < 4.78 is 4.85. The van der Waals surface area contributed by atoms with E-state index in [4.69, 9.17) is 4.74 Å². The fraction of sp³-hybridized carbons (Fsp3) is 0.588. The molecular formula is C17H25NO2. The Morgan fingerprint density at radius 2 is 2.05 bits per heavy atom. The summed E-state index contributed by atoms with van der Waals surface area (Å²) in [6.45, 7) is 7.39. The first-order valence-electron chi connectivity index (χ1n) is 7.47. The van der Waals surface area contributed by atoms with Crippen LogP contribution in [0.4, 0.5) is 0 Å². The fourth-order valence-corrected chi connectivity index (χ4v) is 3.04. The van der Waals surface area contributed by atoms with Crippen molar-refractivity contribution < 1.29 is 9.53 Å². The molecule has 2 atom stereocenters. The Kier molecular flexibility index (Phi) is 5.18. The predicted molar refractivity (Wildman–Crippen MR) is 80.6 cm³/mol. The van der Waals surface area contributed by atoms with E-state index < -0.39 is 0 Å². The van der Waals surface area contributed by atoms with Crippen LogP contribution in [-0.4, -0.2) is 37.6 Å². The smallest absolute Gasteiger partial charge is 0.310 e. The van der Waals surface area contributed by atoms with Gasteiger partial charge in [-0.3, -0.25) is 4.79 Å². The Hall–Kier alpha value is -1.35. The highest BCUT2D eigenvalue weighted by Crippen LogP contribution is 2.28. The Bertz CT molecular complexity index is 430. The van der Waals surface area contributed by atoms with Gasteiger partial charge in [0.2, 0.25) is 0 Å². The molecule has 1 aromatic carbocycles. The molecule has 2 unspecified atom stereocenters. The average Bonchev–Trinajstić information content (AvgIpc) is 2.93. The van der Waals surface area contributed by atoms with E-state index in [2.05, 4.69) is 49.1 Å². The van der Waals surface area contributed by atoms with Gasteiger partial charge in [-0.05, 0) is 30.4 Å². The van der Waals surface area contributed by atoms with Crippen molar-refractivity contribution in [1.82, 2.24) is 4.90 Å². The molecule has 1 aliphatic heterocycles. The molecule has 1 saturated heterocycles. The second-order valence-electron chi connectivity index (χ2n) is 6.03. The zero-order chi connectivity index (χ0) is 14.5. The van der Waals surface area contributed by atoms with Crippen LogP contribution in [0.3, 0.4) is 0 Å². The van der Waals surface area contributed by atoms with E-state index >= 15 is 0 Å². The molecule has 1 fully saturated rings. The zero-order valence-electron chi connectivity index (χ0n) is 12.7. The molecule has 1 aliphatic rings. The summed E-state index contributed by atoms with van der Waals surface area (Å²) in [6.07, 6.45) is 0.923. The average molecular weight is 275 g/mol. The number of hydrogen-bond acceptors (Lipinski definition) is 3. The lowest BCUT2D eigenvalue weighted by Crippen LogP contribution is -2.30. The van der Waals surface area contributed by atoms with Gasteiger partial charge in [0, 0.05) is 13.1 Å². The van der Waals surface area contributed by atoms with Gasteiger partial charge in [0.25, 0.3) is 0 Å². The van der Waals surface area contributed by atoms with Gasteiger partial charge >= 0.3 is 5.97 Å². The van der Waals surface area contributed by atoms with Crippen LogP contribution in [0.1, 0.15) is 31.7 Å². The maximum absolute atomic E-state index is 11.6. The van der Waals surface area contributed by atoms with E-state index in [9.17, 15) is 4.79 Å². The number of carbonyl (C=O) groups excluding carboxylic acids is 1. The van der Waals surface area contributed by atoms with Crippen LogP contribution in [0, 0.1) is 11.8 Å². The van der Waals surface area contributed by atoms with Crippen LogP contribution in [0.25, 0.3) is 0 Å². The van der Waals surface area contributed by atoms with Crippen LogP contribution in [0.15, 0.2) is 30.3 Å². The third-order valence-corrected chi connectivity index (χ3v) is 4.29. The molecule has 3 heteroatoms. The van der Waals surface area contributed by atoms with Gasteiger partial charge in [0.15, 0.2) is 0 Å².